The van der Waals surface area contributed by atoms with Crippen LogP contribution in [-0.2, 0) is 11.2 Å². The smallest absolute Gasteiger partial charge is 0.0921 e. The van der Waals surface area contributed by atoms with Gasteiger partial charge in [0.05, 0.1) is 12.9 Å². The summed E-state index contributed by atoms with van der Waals surface area (Å²) in [5.41, 5.74) is 6.65. The van der Waals surface area contributed by atoms with Gasteiger partial charge < -0.3 is 20.8 Å². The molecule has 1 aromatic rings. The first-order valence-corrected chi connectivity index (χ1v) is 5.76. The monoisotopic (exact) mass is 226 g/mol. The van der Waals surface area contributed by atoms with E-state index in [-0.39, 0.29) is 0 Å². The predicted octanol–water partition coefficient (Wildman–Crippen LogP) is 0.296. The molecular weight excluding hydrogens is 204 g/mol. The third-order valence-corrected chi connectivity index (χ3v) is 2.51. The normalized spacial score (nSPS) is 12.9. The summed E-state index contributed by atoms with van der Waals surface area (Å²) >= 11 is 0. The molecule has 0 aliphatic rings. The summed E-state index contributed by atoms with van der Waals surface area (Å²) in [7, 11) is 1.73. The second kappa shape index (κ2) is 8.27. The van der Waals surface area contributed by atoms with E-state index in [0.29, 0.717) is 6.04 Å². The van der Waals surface area contributed by atoms with Crippen LogP contribution in [0.5, 0.6) is 0 Å². The lowest BCUT2D eigenvalue weighted by atomic mass is 10.1. The second-order valence-electron chi connectivity index (χ2n) is 3.86. The first-order chi connectivity index (χ1) is 7.86. The third-order valence-electron chi connectivity index (χ3n) is 2.51. The fraction of sp³-hybridized carbons (Fsp3) is 0.727. The lowest BCUT2D eigenvalue weighted by Gasteiger charge is -2.17. The fourth-order valence-corrected chi connectivity index (χ4v) is 1.64. The molecule has 0 amide bonds. The van der Waals surface area contributed by atoms with Crippen LogP contribution in [0.15, 0.2) is 12.5 Å². The fourth-order valence-electron chi connectivity index (χ4n) is 1.64. The minimum absolute atomic E-state index is 0.400. The van der Waals surface area contributed by atoms with E-state index in [9.17, 15) is 0 Å². The van der Waals surface area contributed by atoms with Crippen molar-refractivity contribution < 1.29 is 4.74 Å². The van der Waals surface area contributed by atoms with E-state index in [1.165, 1.54) is 0 Å². The van der Waals surface area contributed by atoms with Gasteiger partial charge in [-0.2, -0.15) is 0 Å². The quantitative estimate of drug-likeness (QED) is 0.566. The zero-order valence-corrected chi connectivity index (χ0v) is 9.91. The van der Waals surface area contributed by atoms with E-state index in [4.69, 9.17) is 10.5 Å². The number of hydrogen-bond acceptors (Lipinski definition) is 4. The van der Waals surface area contributed by atoms with E-state index in [1.807, 2.05) is 6.20 Å². The number of imidazole rings is 1. The number of H-pyrrole nitrogens is 1. The molecule has 0 spiro atoms. The molecule has 0 bridgehead atoms. The Hall–Kier alpha value is -0.910. The van der Waals surface area contributed by atoms with E-state index in [2.05, 4.69) is 15.3 Å². The van der Waals surface area contributed by atoms with Crippen LogP contribution in [0.25, 0.3) is 0 Å². The molecular formula is C11H22N4O. The molecule has 1 heterocycles. The van der Waals surface area contributed by atoms with Gasteiger partial charge in [-0.15, -0.1) is 0 Å². The standard InChI is InChI=1S/C11H22N4O/c1-16-8-11(3-2-5-12)14-6-4-10-7-13-9-15-10/h7,9,11,14H,2-6,8,12H2,1H3,(H,13,15). The predicted molar refractivity (Wildman–Crippen MR) is 64.2 cm³/mol. The van der Waals surface area contributed by atoms with Gasteiger partial charge in [0, 0.05) is 38.0 Å². The molecule has 0 aliphatic carbocycles. The summed E-state index contributed by atoms with van der Waals surface area (Å²) < 4.78 is 5.17. The van der Waals surface area contributed by atoms with Gasteiger partial charge in [0.15, 0.2) is 0 Å². The molecule has 0 aliphatic heterocycles. The maximum Gasteiger partial charge on any atom is 0.0921 e. The number of nitrogens with one attached hydrogen (secondary N) is 2. The van der Waals surface area contributed by atoms with E-state index >= 15 is 0 Å². The Bertz CT molecular complexity index is 250. The molecule has 0 fully saturated rings. The molecule has 1 rings (SSSR count). The van der Waals surface area contributed by atoms with Crippen LogP contribution in [0.4, 0.5) is 0 Å². The number of nitrogens with two attached hydrogens (primary N) is 1. The van der Waals surface area contributed by atoms with Crippen LogP contribution >= 0.6 is 0 Å². The van der Waals surface area contributed by atoms with Crippen molar-refractivity contribution in [3.63, 3.8) is 0 Å². The highest BCUT2D eigenvalue weighted by Crippen LogP contribution is 1.98. The number of methoxy groups -OCH3 is 1. The van der Waals surface area contributed by atoms with Crippen LogP contribution in [0, 0.1) is 0 Å². The number of hydrogen-bond donors (Lipinski definition) is 3. The Morgan fingerprint density at radius 2 is 2.50 bits per heavy atom. The highest BCUT2D eigenvalue weighted by molar-refractivity contribution is 4.94. The molecule has 5 heteroatoms. The molecule has 1 aromatic heterocycles. The number of rotatable bonds is 9. The molecule has 0 saturated carbocycles. The van der Waals surface area contributed by atoms with E-state index in [1.54, 1.807) is 13.4 Å². The number of aromatic amines is 1. The molecule has 1 unspecified atom stereocenters. The van der Waals surface area contributed by atoms with Gasteiger partial charge >= 0.3 is 0 Å². The van der Waals surface area contributed by atoms with Gasteiger partial charge in [-0.25, -0.2) is 4.98 Å². The highest BCUT2D eigenvalue weighted by Gasteiger charge is 2.06. The van der Waals surface area contributed by atoms with Crippen molar-refractivity contribution in [1.82, 2.24) is 15.3 Å². The lowest BCUT2D eigenvalue weighted by Crippen LogP contribution is -2.35. The lowest BCUT2D eigenvalue weighted by molar-refractivity contribution is 0.162. The van der Waals surface area contributed by atoms with Gasteiger partial charge in [0.1, 0.15) is 0 Å². The van der Waals surface area contributed by atoms with Crippen LogP contribution in [-0.4, -0.2) is 42.8 Å². The molecule has 16 heavy (non-hydrogen) atoms. The van der Waals surface area contributed by atoms with Crippen LogP contribution in [0.3, 0.4) is 0 Å². The van der Waals surface area contributed by atoms with E-state index < -0.39 is 0 Å². The van der Waals surface area contributed by atoms with Crippen molar-refractivity contribution in [3.8, 4) is 0 Å². The minimum atomic E-state index is 0.400. The van der Waals surface area contributed by atoms with Crippen molar-refractivity contribution in [2.24, 2.45) is 5.73 Å². The Morgan fingerprint density at radius 3 is 3.12 bits per heavy atom. The number of ether oxygens (including phenoxy) is 1. The number of nitrogens with zero attached hydrogens (tertiary/aromatic N) is 1. The zero-order valence-electron chi connectivity index (χ0n) is 9.91. The average Bonchev–Trinajstić information content (AvgIpc) is 2.79. The average molecular weight is 226 g/mol. The van der Waals surface area contributed by atoms with Crippen molar-refractivity contribution in [1.29, 1.82) is 0 Å². The van der Waals surface area contributed by atoms with Crippen LogP contribution in [0.1, 0.15) is 18.5 Å². The first-order valence-electron chi connectivity index (χ1n) is 5.76. The van der Waals surface area contributed by atoms with Crippen molar-refractivity contribution in [2.75, 3.05) is 26.8 Å². The second-order valence-corrected chi connectivity index (χ2v) is 3.86. The summed E-state index contributed by atoms with van der Waals surface area (Å²) in [4.78, 5) is 7.06. The topological polar surface area (TPSA) is 76.0 Å². The summed E-state index contributed by atoms with van der Waals surface area (Å²) in [6, 6.07) is 0.400. The Morgan fingerprint density at radius 1 is 1.62 bits per heavy atom. The molecule has 1 atom stereocenters. The molecule has 0 saturated heterocycles. The maximum absolute atomic E-state index is 5.50. The summed E-state index contributed by atoms with van der Waals surface area (Å²) in [6.07, 6.45) is 6.62. The Kier molecular flexibility index (Phi) is 6.80. The van der Waals surface area contributed by atoms with Crippen LogP contribution in [0.2, 0.25) is 0 Å². The third kappa shape index (κ3) is 5.25. The SMILES string of the molecule is COCC(CCCN)NCCc1cnc[nH]1. The summed E-state index contributed by atoms with van der Waals surface area (Å²) in [5, 5.41) is 3.47. The van der Waals surface area contributed by atoms with Crippen molar-refractivity contribution >= 4 is 0 Å². The summed E-state index contributed by atoms with van der Waals surface area (Å²) in [6.45, 7) is 2.41. The zero-order chi connectivity index (χ0) is 11.6. The first kappa shape index (κ1) is 13.2. The molecule has 0 radical (unpaired) electrons. The molecule has 4 N–H and O–H groups in total. The highest BCUT2D eigenvalue weighted by atomic mass is 16.5. The molecule has 0 aromatic carbocycles. The minimum Gasteiger partial charge on any atom is -0.383 e. The number of aromatic nitrogens is 2. The molecule has 92 valence electrons. The van der Waals surface area contributed by atoms with Crippen molar-refractivity contribution in [2.45, 2.75) is 25.3 Å². The van der Waals surface area contributed by atoms with Gasteiger partial charge in [-0.3, -0.25) is 0 Å². The largest absolute Gasteiger partial charge is 0.383 e. The van der Waals surface area contributed by atoms with Gasteiger partial charge in [-0.05, 0) is 19.4 Å². The Balaban J connectivity index is 2.15. The maximum atomic E-state index is 5.50. The Labute approximate surface area is 96.8 Å². The van der Waals surface area contributed by atoms with Gasteiger partial charge in [0.2, 0.25) is 0 Å². The summed E-state index contributed by atoms with van der Waals surface area (Å²) in [5.74, 6) is 0. The van der Waals surface area contributed by atoms with Gasteiger partial charge in [-0.1, -0.05) is 0 Å². The molecule has 5 nitrogen and oxygen atoms in total. The van der Waals surface area contributed by atoms with Crippen molar-refractivity contribution in [3.05, 3.63) is 18.2 Å². The van der Waals surface area contributed by atoms with Crippen LogP contribution < -0.4 is 11.1 Å². The van der Waals surface area contributed by atoms with E-state index in [0.717, 1.165) is 44.7 Å². The van der Waals surface area contributed by atoms with Gasteiger partial charge in [0.25, 0.3) is 0 Å².